The SMILES string of the molecule is CCc1c(Cn2ccnc2-c2cccc(Cl)n2)nc2ccc(N(C)C)nn12. The lowest BCUT2D eigenvalue weighted by atomic mass is 10.2. The van der Waals surface area contributed by atoms with Crippen molar-refractivity contribution in [3.8, 4) is 11.5 Å². The van der Waals surface area contributed by atoms with Gasteiger partial charge in [-0.2, -0.15) is 0 Å². The number of aromatic nitrogens is 6. The molecule has 4 heterocycles. The van der Waals surface area contributed by atoms with Crippen molar-refractivity contribution in [1.82, 2.24) is 29.1 Å². The molecule has 0 atom stereocenters. The number of hydrogen-bond donors (Lipinski definition) is 0. The van der Waals surface area contributed by atoms with Crippen molar-refractivity contribution in [2.75, 3.05) is 19.0 Å². The second-order valence-corrected chi connectivity index (χ2v) is 6.83. The van der Waals surface area contributed by atoms with Crippen LogP contribution >= 0.6 is 11.6 Å². The summed E-state index contributed by atoms with van der Waals surface area (Å²) in [5, 5.41) is 5.16. The van der Waals surface area contributed by atoms with Crippen LogP contribution in [0.15, 0.2) is 42.7 Å². The van der Waals surface area contributed by atoms with E-state index in [0.29, 0.717) is 11.7 Å². The summed E-state index contributed by atoms with van der Waals surface area (Å²) < 4.78 is 3.96. The van der Waals surface area contributed by atoms with Gasteiger partial charge in [-0.3, -0.25) is 0 Å². The van der Waals surface area contributed by atoms with Crippen LogP contribution in [0.2, 0.25) is 5.15 Å². The maximum absolute atomic E-state index is 6.04. The molecule has 27 heavy (non-hydrogen) atoms. The van der Waals surface area contributed by atoms with Crippen LogP contribution < -0.4 is 4.90 Å². The zero-order valence-electron chi connectivity index (χ0n) is 15.5. The van der Waals surface area contributed by atoms with Crippen LogP contribution in [0, 0.1) is 0 Å². The van der Waals surface area contributed by atoms with E-state index in [0.717, 1.165) is 40.8 Å². The lowest BCUT2D eigenvalue weighted by Crippen LogP contribution is -2.13. The third-order valence-electron chi connectivity index (χ3n) is 4.41. The van der Waals surface area contributed by atoms with Crippen molar-refractivity contribution in [3.63, 3.8) is 0 Å². The number of nitrogens with zero attached hydrogens (tertiary/aromatic N) is 7. The summed E-state index contributed by atoms with van der Waals surface area (Å²) >= 11 is 6.04. The highest BCUT2D eigenvalue weighted by Crippen LogP contribution is 2.21. The molecular weight excluding hydrogens is 362 g/mol. The first-order valence-corrected chi connectivity index (χ1v) is 9.13. The van der Waals surface area contributed by atoms with Crippen LogP contribution in [0.3, 0.4) is 0 Å². The van der Waals surface area contributed by atoms with Crippen molar-refractivity contribution in [3.05, 3.63) is 59.3 Å². The molecule has 4 rings (SSSR count). The van der Waals surface area contributed by atoms with E-state index >= 15 is 0 Å². The van der Waals surface area contributed by atoms with Gasteiger partial charge in [0.25, 0.3) is 0 Å². The molecular formula is C19H20ClN7. The fourth-order valence-corrected chi connectivity index (χ4v) is 3.26. The third kappa shape index (κ3) is 3.26. The Morgan fingerprint density at radius 2 is 1.96 bits per heavy atom. The molecule has 0 amide bonds. The number of imidazole rings is 2. The van der Waals surface area contributed by atoms with Gasteiger partial charge in [-0.1, -0.05) is 24.6 Å². The molecule has 0 fully saturated rings. The molecule has 4 aromatic heterocycles. The summed E-state index contributed by atoms with van der Waals surface area (Å²) in [5.74, 6) is 1.66. The van der Waals surface area contributed by atoms with Gasteiger partial charge in [0.05, 0.1) is 17.9 Å². The van der Waals surface area contributed by atoms with E-state index in [1.54, 1.807) is 12.3 Å². The van der Waals surface area contributed by atoms with E-state index < -0.39 is 0 Å². The summed E-state index contributed by atoms with van der Waals surface area (Å²) in [6, 6.07) is 9.50. The van der Waals surface area contributed by atoms with Gasteiger partial charge >= 0.3 is 0 Å². The number of hydrogen-bond acceptors (Lipinski definition) is 5. The Kier molecular flexibility index (Phi) is 4.53. The molecule has 8 heteroatoms. The molecule has 0 aliphatic rings. The lowest BCUT2D eigenvalue weighted by molar-refractivity contribution is 0.760. The molecule has 0 aliphatic carbocycles. The Morgan fingerprint density at radius 3 is 2.70 bits per heavy atom. The molecule has 0 aliphatic heterocycles. The highest BCUT2D eigenvalue weighted by Gasteiger charge is 2.16. The second-order valence-electron chi connectivity index (χ2n) is 6.44. The van der Waals surface area contributed by atoms with E-state index in [1.165, 1.54) is 0 Å². The summed E-state index contributed by atoms with van der Waals surface area (Å²) in [5.41, 5.74) is 3.65. The number of rotatable bonds is 5. The predicted octanol–water partition coefficient (Wildman–Crippen LogP) is 3.32. The van der Waals surface area contributed by atoms with Crippen LogP contribution in [0.4, 0.5) is 5.82 Å². The topological polar surface area (TPSA) is 64.1 Å². The molecule has 7 nitrogen and oxygen atoms in total. The van der Waals surface area contributed by atoms with Crippen molar-refractivity contribution in [2.45, 2.75) is 19.9 Å². The summed E-state index contributed by atoms with van der Waals surface area (Å²) in [4.78, 5) is 15.6. The first-order valence-electron chi connectivity index (χ1n) is 8.75. The number of fused-ring (bicyclic) bond motifs is 1. The van der Waals surface area contributed by atoms with E-state index in [4.69, 9.17) is 21.7 Å². The molecule has 0 saturated heterocycles. The highest BCUT2D eigenvalue weighted by molar-refractivity contribution is 6.29. The molecule has 0 N–H and O–H groups in total. The van der Waals surface area contributed by atoms with Crippen LogP contribution in [-0.4, -0.2) is 43.2 Å². The van der Waals surface area contributed by atoms with E-state index in [-0.39, 0.29) is 0 Å². The Morgan fingerprint density at radius 1 is 1.11 bits per heavy atom. The van der Waals surface area contributed by atoms with Crippen LogP contribution in [0.1, 0.15) is 18.3 Å². The second kappa shape index (κ2) is 7.00. The van der Waals surface area contributed by atoms with Gasteiger partial charge in [-0.15, -0.1) is 5.10 Å². The van der Waals surface area contributed by atoms with Crippen LogP contribution in [-0.2, 0) is 13.0 Å². The van der Waals surface area contributed by atoms with Gasteiger partial charge in [0, 0.05) is 26.5 Å². The van der Waals surface area contributed by atoms with Gasteiger partial charge in [0.1, 0.15) is 16.7 Å². The molecule has 4 aromatic rings. The lowest BCUT2D eigenvalue weighted by Gasteiger charge is -2.11. The molecule has 0 spiro atoms. The zero-order chi connectivity index (χ0) is 19.0. The standard InChI is InChI=1S/C19H20ClN7/c1-4-15-14(23-17-8-9-18(25(2)3)24-27(15)17)12-26-11-10-21-19(26)13-6-5-7-16(20)22-13/h5-11H,4,12H2,1-3H3. The number of halogens is 1. The van der Waals surface area contributed by atoms with Crippen molar-refractivity contribution < 1.29 is 0 Å². The van der Waals surface area contributed by atoms with Crippen molar-refractivity contribution in [2.24, 2.45) is 0 Å². The Bertz CT molecular complexity index is 1100. The molecule has 138 valence electrons. The largest absolute Gasteiger partial charge is 0.361 e. The minimum atomic E-state index is 0.449. The predicted molar refractivity (Wildman–Crippen MR) is 106 cm³/mol. The van der Waals surface area contributed by atoms with E-state index in [2.05, 4.69) is 16.9 Å². The van der Waals surface area contributed by atoms with Gasteiger partial charge < -0.3 is 9.47 Å². The van der Waals surface area contributed by atoms with Gasteiger partial charge in [0.15, 0.2) is 11.5 Å². The first kappa shape index (κ1) is 17.5. The quantitative estimate of drug-likeness (QED) is 0.496. The van der Waals surface area contributed by atoms with Gasteiger partial charge in [-0.25, -0.2) is 19.5 Å². The molecule has 0 radical (unpaired) electrons. The van der Waals surface area contributed by atoms with E-state index in [1.807, 2.05) is 58.5 Å². The van der Waals surface area contributed by atoms with Crippen LogP contribution in [0.25, 0.3) is 17.2 Å². The number of anilines is 1. The van der Waals surface area contributed by atoms with Crippen LogP contribution in [0.5, 0.6) is 0 Å². The summed E-state index contributed by atoms with van der Waals surface area (Å²) in [6.07, 6.45) is 4.53. The molecule has 0 aromatic carbocycles. The van der Waals surface area contributed by atoms with Crippen molar-refractivity contribution in [1.29, 1.82) is 0 Å². The minimum absolute atomic E-state index is 0.449. The monoisotopic (exact) mass is 381 g/mol. The first-order chi connectivity index (χ1) is 13.1. The summed E-state index contributed by atoms with van der Waals surface area (Å²) in [7, 11) is 3.96. The maximum Gasteiger partial charge on any atom is 0.159 e. The molecule has 0 bridgehead atoms. The Balaban J connectivity index is 1.76. The van der Waals surface area contributed by atoms with Gasteiger partial charge in [-0.05, 0) is 30.7 Å². The summed E-state index contributed by atoms with van der Waals surface area (Å²) in [6.45, 7) is 2.71. The zero-order valence-corrected chi connectivity index (χ0v) is 16.2. The Hall–Kier alpha value is -2.93. The minimum Gasteiger partial charge on any atom is -0.361 e. The highest BCUT2D eigenvalue weighted by atomic mass is 35.5. The smallest absolute Gasteiger partial charge is 0.159 e. The van der Waals surface area contributed by atoms with E-state index in [9.17, 15) is 0 Å². The van der Waals surface area contributed by atoms with Gasteiger partial charge in [0.2, 0.25) is 0 Å². The number of pyridine rings is 1. The maximum atomic E-state index is 6.04. The average molecular weight is 382 g/mol. The molecule has 0 unspecified atom stereocenters. The normalized spacial score (nSPS) is 11.3. The van der Waals surface area contributed by atoms with Crippen molar-refractivity contribution >= 4 is 23.1 Å². The third-order valence-corrected chi connectivity index (χ3v) is 4.62. The fourth-order valence-electron chi connectivity index (χ4n) is 3.10. The number of aryl methyl sites for hydroxylation is 1. The Labute approximate surface area is 162 Å². The fraction of sp³-hybridized carbons (Fsp3) is 0.263. The molecule has 0 saturated carbocycles. The average Bonchev–Trinajstić information content (AvgIpc) is 3.25.